The Morgan fingerprint density at radius 3 is 1.13 bits per heavy atom. The van der Waals surface area contributed by atoms with Crippen LogP contribution in [0.2, 0.25) is 0 Å². The monoisotopic (exact) mass is 1550 g/mol. The number of azide groups is 1. The van der Waals surface area contributed by atoms with Crippen molar-refractivity contribution in [3.63, 3.8) is 0 Å². The average molecular weight is 1550 g/mol. The van der Waals surface area contributed by atoms with E-state index in [9.17, 15) is 5.53 Å². The molecule has 1 unspecified atom stereocenters. The first kappa shape index (κ1) is 77.3. The van der Waals surface area contributed by atoms with Gasteiger partial charge in [-0.2, -0.15) is 0 Å². The number of nitrogens with zero attached hydrogens (tertiary/aromatic N) is 3. The fourth-order valence-electron chi connectivity index (χ4n) is 13.9. The Morgan fingerprint density at radius 1 is 0.365 bits per heavy atom. The highest BCUT2D eigenvalue weighted by atomic mass is 79.9. The lowest BCUT2D eigenvalue weighted by molar-refractivity contribution is -0.400. The van der Waals surface area contributed by atoms with Gasteiger partial charge in [0.2, 0.25) is 0 Å². The van der Waals surface area contributed by atoms with Crippen molar-refractivity contribution < 1.29 is 75.8 Å². The number of hydrogen-bond donors (Lipinski definition) is 0. The number of halogens is 2. The number of methoxy groups -OCH3 is 1. The molecule has 0 N–H and O–H groups in total. The lowest BCUT2D eigenvalue weighted by Crippen LogP contribution is -2.67. The largest absolute Gasteiger partial charge is 0.373 e. The van der Waals surface area contributed by atoms with Crippen molar-refractivity contribution in [2.24, 2.45) is 5.11 Å². The van der Waals surface area contributed by atoms with Gasteiger partial charge < -0.3 is 75.8 Å². The van der Waals surface area contributed by atoms with Gasteiger partial charge in [-0.25, -0.2) is 0 Å². The molecule has 0 saturated carbocycles. The minimum Gasteiger partial charge on any atom is -0.373 e. The van der Waals surface area contributed by atoms with Crippen LogP contribution in [0.5, 0.6) is 0 Å². The Balaban J connectivity index is 0.946. The van der Waals surface area contributed by atoms with Crippen molar-refractivity contribution in [2.75, 3.05) is 19.0 Å². The fraction of sp³-hybridized carbons (Fsp3) is 0.446. The Hall–Kier alpha value is -6.35. The minimum absolute atomic E-state index is 0.0873. The van der Waals surface area contributed by atoms with Crippen molar-refractivity contribution in [1.29, 1.82) is 0 Å². The molecule has 4 aliphatic heterocycles. The van der Waals surface area contributed by atoms with Crippen LogP contribution in [0, 0.1) is 0 Å². The van der Waals surface area contributed by atoms with Crippen LogP contribution in [0.25, 0.3) is 21.2 Å². The van der Waals surface area contributed by atoms with Crippen LogP contribution in [0.3, 0.4) is 0 Å². The molecule has 0 radical (unpaired) electrons. The summed E-state index contributed by atoms with van der Waals surface area (Å²) in [4.78, 5) is 3.52. The molecule has 12 rings (SSSR count). The second-order valence-electron chi connectivity index (χ2n) is 26.8. The molecule has 4 aliphatic rings. The van der Waals surface area contributed by atoms with E-state index in [1.54, 1.807) is 7.11 Å². The molecule has 0 aliphatic carbocycles. The molecule has 19 nitrogen and oxygen atoms in total. The van der Waals surface area contributed by atoms with Crippen LogP contribution in [0.15, 0.2) is 230 Å². The van der Waals surface area contributed by atoms with Crippen LogP contribution in [-0.4, -0.2) is 147 Å². The van der Waals surface area contributed by atoms with Crippen LogP contribution in [-0.2, 0) is 122 Å². The predicted molar refractivity (Wildman–Crippen MR) is 400 cm³/mol. The molecular weight excluding hydrogens is 1450 g/mol. The van der Waals surface area contributed by atoms with E-state index in [0.717, 1.165) is 61.5 Å². The zero-order valence-corrected chi connectivity index (χ0v) is 62.6. The Morgan fingerprint density at radius 2 is 0.712 bits per heavy atom. The number of hydrogen-bond acceptors (Lipinski definition) is 17. The Bertz CT molecular complexity index is 3850. The summed E-state index contributed by atoms with van der Waals surface area (Å²) in [6, 6.07) is 73.2. The van der Waals surface area contributed by atoms with Crippen molar-refractivity contribution in [3.8, 4) is 0 Å². The van der Waals surface area contributed by atoms with E-state index in [4.69, 9.17) is 75.8 Å². The maximum absolute atomic E-state index is 10.1. The summed E-state index contributed by atoms with van der Waals surface area (Å²) in [6.07, 6.45) is -16.3. The highest BCUT2D eigenvalue weighted by Gasteiger charge is 2.58. The van der Waals surface area contributed by atoms with Gasteiger partial charge in [-0.15, -0.1) is 0 Å². The number of benzene rings is 8. The van der Waals surface area contributed by atoms with Gasteiger partial charge in [-0.1, -0.05) is 255 Å². The average Bonchev–Trinajstić information content (AvgIpc) is 0.762. The molecule has 0 bridgehead atoms. The SMILES string of the molecule is CO[C@H]1[C@@H](O[C@@H]2[C@@H](OCc3ccccc3)[C@H](C)O[C@@H](O[C@@H]3[C@@H](OCc4ccccc4)[C@H](C)O[C@@H](O[C@H]4[C@H](OCCCC(Br)CBr)O[C@@H](C)[C@H](OCc5ccccc5)[C@H]4OCc4ccccc4)[C@@H]3OCc3ccccc3)[C@@H]2OCc2ccccc2)O[C@H](C)[C@@H](N=[N+]=[N-])[C@@H]1OCc1ccc2ccccc2c1. The summed E-state index contributed by atoms with van der Waals surface area (Å²) in [5.41, 5.74) is 16.6. The van der Waals surface area contributed by atoms with Gasteiger partial charge in [0.1, 0.15) is 67.1 Å². The quantitative estimate of drug-likeness (QED) is 0.0119. The molecule has 0 aromatic heterocycles. The van der Waals surface area contributed by atoms with Gasteiger partial charge in [0.15, 0.2) is 25.2 Å². The first-order valence-electron chi connectivity index (χ1n) is 36.0. The van der Waals surface area contributed by atoms with Crippen molar-refractivity contribution in [2.45, 2.75) is 214 Å². The summed E-state index contributed by atoms with van der Waals surface area (Å²) in [5, 5.41) is 7.21. The van der Waals surface area contributed by atoms with Gasteiger partial charge in [-0.05, 0) is 102 Å². The highest BCUT2D eigenvalue weighted by molar-refractivity contribution is 9.12. The van der Waals surface area contributed by atoms with Gasteiger partial charge in [0, 0.05) is 28.8 Å². The molecule has 4 fully saturated rings. The van der Waals surface area contributed by atoms with E-state index in [2.05, 4.69) is 66.2 Å². The predicted octanol–water partition coefficient (Wildman–Crippen LogP) is 16.0. The summed E-state index contributed by atoms with van der Waals surface area (Å²) < 4.78 is 115. The highest BCUT2D eigenvalue weighted by Crippen LogP contribution is 2.41. The van der Waals surface area contributed by atoms with Crippen molar-refractivity contribution >= 4 is 42.6 Å². The van der Waals surface area contributed by atoms with E-state index < -0.39 is 123 Å². The maximum Gasteiger partial charge on any atom is 0.187 e. The fourth-order valence-corrected chi connectivity index (χ4v) is 14.5. The third kappa shape index (κ3) is 20.9. The molecule has 0 spiro atoms. The molecule has 552 valence electrons. The van der Waals surface area contributed by atoms with Crippen LogP contribution in [0.1, 0.15) is 79.5 Å². The number of rotatable bonds is 35. The molecule has 21 heteroatoms. The molecule has 8 aromatic rings. The first-order chi connectivity index (χ1) is 51.0. The topological polar surface area (TPSA) is 196 Å². The van der Waals surface area contributed by atoms with E-state index in [1.807, 2.05) is 228 Å². The Kier molecular flexibility index (Phi) is 29.3. The van der Waals surface area contributed by atoms with E-state index in [0.29, 0.717) is 13.0 Å². The standard InChI is InChI=1S/C83H95Br2N3O16/c1-54-68(87-88-86)72(94-53-64-42-43-65-39-24-25-40-66(65)45-64)76(89-5)81(98-54)102-74-70(92-48-59-29-14-7-15-30-59)56(3)100-82(77(74)96-51-62-35-20-10-21-36-62)103-75-71(93-49-60-31-16-8-17-32-60)57(4)101-83(78(75)97-52-63-37-22-11-23-38-63)104-79-73(95-50-61-33-18-9-19-34-61)69(91-47-58-27-12-6-13-28-58)55(2)99-80(79)90-44-26-41-67(85)46-84/h6-25,27-40,42-43,45,54-57,67-83H,26,41,44,46-53H2,1-5H3/t54-,55+,56+,57+,67?,68-,69+,70+,71+,72+,73-,74-,75-,76-,77-,78-,79-,80-,81-,82+,83+/m1/s1. The molecule has 4 saturated heterocycles. The summed E-state index contributed by atoms with van der Waals surface area (Å²) >= 11 is 7.43. The van der Waals surface area contributed by atoms with Gasteiger partial charge in [0.25, 0.3) is 0 Å². The van der Waals surface area contributed by atoms with Gasteiger partial charge >= 0.3 is 0 Å². The number of alkyl halides is 2. The maximum atomic E-state index is 10.1. The van der Waals surface area contributed by atoms with Crippen LogP contribution >= 0.6 is 31.9 Å². The Labute approximate surface area is 627 Å². The summed E-state index contributed by atoms with van der Waals surface area (Å²) in [7, 11) is 1.57. The van der Waals surface area contributed by atoms with Gasteiger partial charge in [-0.3, -0.25) is 0 Å². The van der Waals surface area contributed by atoms with Crippen LogP contribution < -0.4 is 0 Å². The summed E-state index contributed by atoms with van der Waals surface area (Å²) in [6.45, 7) is 9.22. The van der Waals surface area contributed by atoms with E-state index >= 15 is 0 Å². The molecule has 8 aromatic carbocycles. The second-order valence-corrected chi connectivity index (χ2v) is 28.8. The first-order valence-corrected chi connectivity index (χ1v) is 38.0. The minimum atomic E-state index is -1.28. The zero-order chi connectivity index (χ0) is 72.0. The molecular formula is C83H95Br2N3O16. The molecule has 0 amide bonds. The second kappa shape index (κ2) is 39.5. The summed E-state index contributed by atoms with van der Waals surface area (Å²) in [5.74, 6) is 0. The number of fused-ring (bicyclic) bond motifs is 1. The lowest BCUT2D eigenvalue weighted by Gasteiger charge is -2.52. The lowest BCUT2D eigenvalue weighted by atomic mass is 9.95. The zero-order valence-electron chi connectivity index (χ0n) is 59.4. The third-order valence-corrected chi connectivity index (χ3v) is 21.8. The van der Waals surface area contributed by atoms with Crippen molar-refractivity contribution in [1.82, 2.24) is 0 Å². The molecule has 4 heterocycles. The molecule has 104 heavy (non-hydrogen) atoms. The van der Waals surface area contributed by atoms with Crippen LogP contribution in [0.4, 0.5) is 0 Å². The smallest absolute Gasteiger partial charge is 0.187 e. The normalized spacial score (nSPS) is 29.6. The number of ether oxygens (including phenoxy) is 16. The van der Waals surface area contributed by atoms with E-state index in [1.165, 1.54) is 0 Å². The van der Waals surface area contributed by atoms with Crippen molar-refractivity contribution in [3.05, 3.63) is 274 Å². The van der Waals surface area contributed by atoms with Gasteiger partial charge in [0.05, 0.1) is 76.7 Å². The van der Waals surface area contributed by atoms with E-state index in [-0.39, 0.29) is 51.1 Å². The molecule has 21 atom stereocenters. The third-order valence-electron chi connectivity index (χ3n) is 19.4.